The van der Waals surface area contributed by atoms with Gasteiger partial charge in [0.25, 0.3) is 0 Å². The summed E-state index contributed by atoms with van der Waals surface area (Å²) in [5, 5.41) is 24.3. The number of pyridine rings is 1. The smallest absolute Gasteiger partial charge is 0.146 e. The number of hydrogen-bond acceptors (Lipinski definition) is 7. The van der Waals surface area contributed by atoms with Crippen LogP contribution in [0.4, 0.5) is 11.6 Å². The molecular formula is C26H27BrN6O2. The first-order chi connectivity index (χ1) is 16.9. The van der Waals surface area contributed by atoms with Crippen LogP contribution in [0.3, 0.4) is 0 Å². The Morgan fingerprint density at radius 1 is 0.971 bits per heavy atom. The predicted molar refractivity (Wildman–Crippen MR) is 138 cm³/mol. The number of anilines is 2. The highest BCUT2D eigenvalue weighted by Gasteiger charge is 2.54. The first-order valence-electron chi connectivity index (χ1n) is 12.3. The molecule has 0 bridgehead atoms. The predicted octanol–water partition coefficient (Wildman–Crippen LogP) is 3.48. The Labute approximate surface area is 210 Å². The Hall–Kier alpha value is -2.75. The SMILES string of the molecule is Nc1nc2cc([C@@H]3C[C@@H]3[C@H]3C[C@@H](n4c5c(c6c(N)ncnc64)CCC5)[C@H](O)[C@@H]3O)ccc2cc1Br. The Morgan fingerprint density at radius 3 is 2.69 bits per heavy atom. The van der Waals surface area contributed by atoms with Gasteiger partial charge in [0.2, 0.25) is 0 Å². The van der Waals surface area contributed by atoms with E-state index in [4.69, 9.17) is 11.5 Å². The molecule has 3 aliphatic rings. The molecule has 0 unspecified atom stereocenters. The second-order valence-electron chi connectivity index (χ2n) is 10.4. The molecule has 6 N–H and O–H groups in total. The van der Waals surface area contributed by atoms with Crippen LogP contribution in [0.1, 0.15) is 48.0 Å². The zero-order chi connectivity index (χ0) is 24.0. The van der Waals surface area contributed by atoms with Crippen LogP contribution in [0.15, 0.2) is 35.1 Å². The molecule has 3 aliphatic carbocycles. The van der Waals surface area contributed by atoms with Crippen molar-refractivity contribution in [2.45, 2.75) is 56.3 Å². The van der Waals surface area contributed by atoms with Crippen molar-refractivity contribution < 1.29 is 10.2 Å². The molecule has 35 heavy (non-hydrogen) atoms. The van der Waals surface area contributed by atoms with E-state index in [0.29, 0.717) is 23.5 Å². The van der Waals surface area contributed by atoms with E-state index in [1.807, 2.05) is 6.07 Å². The number of hydrogen-bond donors (Lipinski definition) is 4. The van der Waals surface area contributed by atoms with Gasteiger partial charge in [-0.25, -0.2) is 15.0 Å². The van der Waals surface area contributed by atoms with Crippen LogP contribution < -0.4 is 11.5 Å². The van der Waals surface area contributed by atoms with E-state index < -0.39 is 12.2 Å². The molecule has 6 atom stereocenters. The van der Waals surface area contributed by atoms with Crippen molar-refractivity contribution in [1.82, 2.24) is 19.5 Å². The Kier molecular flexibility index (Phi) is 4.69. The zero-order valence-corrected chi connectivity index (χ0v) is 20.7. The Bertz CT molecular complexity index is 1500. The third-order valence-electron chi connectivity index (χ3n) is 8.53. The van der Waals surface area contributed by atoms with Gasteiger partial charge in [-0.15, -0.1) is 0 Å². The lowest BCUT2D eigenvalue weighted by molar-refractivity contribution is 0.00235. The standard InChI is InChI=1S/C26H27BrN6O2/c27-17-6-12-5-4-11(7-18(12)32-24(17)28)14-8-15(14)16-9-20(23(35)22(16)34)33-19-3-1-2-13(19)21-25(29)30-10-31-26(21)33/h4-7,10,14-16,20,22-23,34-35H,1-3,8-9H2,(H2,28,32)(H2,29,30,31)/t14-,15-,16+,20+,22+,23-/m0/s1. The molecule has 3 heterocycles. The van der Waals surface area contributed by atoms with Crippen molar-refractivity contribution >= 4 is 49.5 Å². The largest absolute Gasteiger partial charge is 0.390 e. The summed E-state index contributed by atoms with van der Waals surface area (Å²) in [5.41, 5.74) is 17.5. The maximum absolute atomic E-state index is 11.2. The minimum atomic E-state index is -0.840. The van der Waals surface area contributed by atoms with E-state index in [1.54, 1.807) is 0 Å². The third kappa shape index (κ3) is 3.14. The van der Waals surface area contributed by atoms with Crippen LogP contribution in [-0.2, 0) is 12.8 Å². The van der Waals surface area contributed by atoms with Gasteiger partial charge in [-0.3, -0.25) is 0 Å². The molecule has 1 aromatic carbocycles. The summed E-state index contributed by atoms with van der Waals surface area (Å²) in [7, 11) is 0. The molecule has 2 saturated carbocycles. The van der Waals surface area contributed by atoms with Gasteiger partial charge in [-0.2, -0.15) is 0 Å². The van der Waals surface area contributed by atoms with Gasteiger partial charge >= 0.3 is 0 Å². The highest BCUT2D eigenvalue weighted by molar-refractivity contribution is 9.10. The van der Waals surface area contributed by atoms with E-state index in [-0.39, 0.29) is 12.0 Å². The van der Waals surface area contributed by atoms with Gasteiger partial charge in [0.1, 0.15) is 29.7 Å². The number of aromatic nitrogens is 4. The number of benzene rings is 1. The topological polar surface area (TPSA) is 136 Å². The first kappa shape index (κ1) is 21.5. The van der Waals surface area contributed by atoms with Crippen LogP contribution in [0.2, 0.25) is 0 Å². The van der Waals surface area contributed by atoms with Crippen molar-refractivity contribution in [2.75, 3.05) is 11.5 Å². The molecule has 0 radical (unpaired) electrons. The fourth-order valence-corrected chi connectivity index (χ4v) is 7.14. The molecule has 4 aromatic rings. The van der Waals surface area contributed by atoms with Crippen LogP contribution in [0.5, 0.6) is 0 Å². The van der Waals surface area contributed by atoms with Crippen molar-refractivity contribution in [2.24, 2.45) is 11.8 Å². The molecule has 9 heteroatoms. The zero-order valence-electron chi connectivity index (χ0n) is 19.1. The maximum Gasteiger partial charge on any atom is 0.146 e. The lowest BCUT2D eigenvalue weighted by Gasteiger charge is -2.21. The molecule has 2 fully saturated rings. The Balaban J connectivity index is 1.20. The van der Waals surface area contributed by atoms with E-state index in [9.17, 15) is 10.2 Å². The van der Waals surface area contributed by atoms with E-state index in [1.165, 1.54) is 23.1 Å². The van der Waals surface area contributed by atoms with Gasteiger partial charge < -0.3 is 26.2 Å². The summed E-state index contributed by atoms with van der Waals surface area (Å²) in [4.78, 5) is 13.3. The van der Waals surface area contributed by atoms with Gasteiger partial charge in [0.15, 0.2) is 0 Å². The number of fused-ring (bicyclic) bond motifs is 4. The number of halogens is 1. The quantitative estimate of drug-likeness (QED) is 0.315. The summed E-state index contributed by atoms with van der Waals surface area (Å²) in [5.74, 6) is 1.67. The van der Waals surface area contributed by atoms with Crippen LogP contribution in [0, 0.1) is 11.8 Å². The van der Waals surface area contributed by atoms with E-state index >= 15 is 0 Å². The fraction of sp³-hybridized carbons (Fsp3) is 0.423. The molecular weight excluding hydrogens is 508 g/mol. The van der Waals surface area contributed by atoms with Crippen molar-refractivity contribution in [1.29, 1.82) is 0 Å². The molecule has 0 amide bonds. The van der Waals surface area contributed by atoms with Crippen LogP contribution in [-0.4, -0.2) is 41.9 Å². The molecule has 3 aromatic heterocycles. The molecule has 7 rings (SSSR count). The van der Waals surface area contributed by atoms with Crippen LogP contribution in [0.25, 0.3) is 21.9 Å². The number of aliphatic hydroxyl groups is 2. The number of rotatable bonds is 3. The van der Waals surface area contributed by atoms with E-state index in [2.05, 4.69) is 53.6 Å². The molecule has 0 aliphatic heterocycles. The monoisotopic (exact) mass is 534 g/mol. The number of aliphatic hydroxyl groups excluding tert-OH is 2. The van der Waals surface area contributed by atoms with Crippen LogP contribution >= 0.6 is 15.9 Å². The number of nitrogens with zero attached hydrogens (tertiary/aromatic N) is 4. The molecule has 0 saturated heterocycles. The third-order valence-corrected chi connectivity index (χ3v) is 9.17. The van der Waals surface area contributed by atoms with Crippen molar-refractivity contribution in [3.8, 4) is 0 Å². The average molecular weight is 535 g/mol. The lowest BCUT2D eigenvalue weighted by atomic mass is 9.95. The first-order valence-corrected chi connectivity index (χ1v) is 13.1. The highest BCUT2D eigenvalue weighted by atomic mass is 79.9. The number of aryl methyl sites for hydroxylation is 1. The molecule has 180 valence electrons. The lowest BCUT2D eigenvalue weighted by Crippen LogP contribution is -2.30. The second-order valence-corrected chi connectivity index (χ2v) is 11.2. The summed E-state index contributed by atoms with van der Waals surface area (Å²) < 4.78 is 2.97. The molecule has 8 nitrogen and oxygen atoms in total. The highest BCUT2D eigenvalue weighted by Crippen LogP contribution is 2.58. The summed E-state index contributed by atoms with van der Waals surface area (Å²) in [6, 6.07) is 8.12. The summed E-state index contributed by atoms with van der Waals surface area (Å²) in [6.07, 6.45) is 4.55. The minimum absolute atomic E-state index is 0.0207. The number of nitrogens with two attached hydrogens (primary N) is 2. The maximum atomic E-state index is 11.2. The van der Waals surface area contributed by atoms with Crippen molar-refractivity contribution in [3.63, 3.8) is 0 Å². The minimum Gasteiger partial charge on any atom is -0.390 e. The van der Waals surface area contributed by atoms with Gasteiger partial charge in [-0.1, -0.05) is 12.1 Å². The Morgan fingerprint density at radius 2 is 1.83 bits per heavy atom. The summed E-state index contributed by atoms with van der Waals surface area (Å²) >= 11 is 3.45. The summed E-state index contributed by atoms with van der Waals surface area (Å²) in [6.45, 7) is 0. The van der Waals surface area contributed by atoms with Gasteiger partial charge in [-0.05, 0) is 89.0 Å². The van der Waals surface area contributed by atoms with E-state index in [0.717, 1.165) is 58.5 Å². The normalized spacial score (nSPS) is 29.8. The van der Waals surface area contributed by atoms with Gasteiger partial charge in [0, 0.05) is 11.1 Å². The second kappa shape index (κ2) is 7.62. The van der Waals surface area contributed by atoms with Crippen molar-refractivity contribution in [3.05, 3.63) is 51.9 Å². The fourth-order valence-electron chi connectivity index (χ4n) is 6.81. The van der Waals surface area contributed by atoms with Gasteiger partial charge in [0.05, 0.1) is 27.5 Å². The molecule has 0 spiro atoms. The average Bonchev–Trinajstić information content (AvgIpc) is 3.23. The number of nitrogen functional groups attached to an aromatic ring is 2.